The molecule has 2 aromatic carbocycles. The van der Waals surface area contributed by atoms with Gasteiger partial charge in [-0.1, -0.05) is 0 Å². The van der Waals surface area contributed by atoms with Crippen LogP contribution < -0.4 is 15.4 Å². The Balaban J connectivity index is 1.66. The number of sulfonamides is 1. The average molecular weight is 488 g/mol. The van der Waals surface area contributed by atoms with Crippen molar-refractivity contribution in [3.63, 3.8) is 0 Å². The first-order valence-corrected chi connectivity index (χ1v) is 12.0. The number of benzene rings is 2. The molecule has 2 amide bonds. The van der Waals surface area contributed by atoms with Gasteiger partial charge in [0, 0.05) is 23.9 Å². The molecule has 3 aromatic rings. The van der Waals surface area contributed by atoms with Crippen molar-refractivity contribution < 1.29 is 22.4 Å². The van der Waals surface area contributed by atoms with Gasteiger partial charge in [0.15, 0.2) is 0 Å². The summed E-state index contributed by atoms with van der Waals surface area (Å²) in [5.74, 6) is -1.14. The van der Waals surface area contributed by atoms with E-state index < -0.39 is 28.0 Å². The molecule has 0 saturated heterocycles. The molecule has 9 nitrogen and oxygen atoms in total. The number of hydrogen-bond acceptors (Lipinski definition) is 5. The highest BCUT2D eigenvalue weighted by atomic mass is 32.2. The molecule has 1 aromatic heterocycles. The van der Waals surface area contributed by atoms with Crippen molar-refractivity contribution in [1.82, 2.24) is 19.8 Å². The molecular weight excluding hydrogens is 461 g/mol. The number of hydrogen-bond donors (Lipinski definition) is 3. The highest BCUT2D eigenvalue weighted by Crippen LogP contribution is 2.21. The minimum absolute atomic E-state index is 0.0364. The van der Waals surface area contributed by atoms with Crippen molar-refractivity contribution in [3.05, 3.63) is 71.8 Å². The molecule has 180 valence electrons. The maximum absolute atomic E-state index is 13.2. The number of halogens is 1. The lowest BCUT2D eigenvalue weighted by atomic mass is 10.1. The Hall–Kier alpha value is -3.57. The molecule has 0 spiro atoms. The van der Waals surface area contributed by atoms with Gasteiger partial charge < -0.3 is 10.6 Å². The molecule has 2 atom stereocenters. The molecule has 0 aliphatic heterocycles. The summed E-state index contributed by atoms with van der Waals surface area (Å²) in [5, 5.41) is 9.66. The van der Waals surface area contributed by atoms with Crippen LogP contribution in [0.3, 0.4) is 0 Å². The molecule has 11 heteroatoms. The summed E-state index contributed by atoms with van der Waals surface area (Å²) in [5.41, 5.74) is 2.63. The third kappa shape index (κ3) is 5.86. The van der Waals surface area contributed by atoms with Gasteiger partial charge in [-0.15, -0.1) is 0 Å². The van der Waals surface area contributed by atoms with Gasteiger partial charge in [0.1, 0.15) is 5.82 Å². The average Bonchev–Trinajstić information content (AvgIpc) is 3.15. The van der Waals surface area contributed by atoms with Gasteiger partial charge in [0.05, 0.1) is 28.9 Å². The summed E-state index contributed by atoms with van der Waals surface area (Å²) >= 11 is 0. The zero-order valence-corrected chi connectivity index (χ0v) is 20.0. The Morgan fingerprint density at radius 2 is 1.65 bits per heavy atom. The van der Waals surface area contributed by atoms with E-state index in [1.54, 1.807) is 29.9 Å². The van der Waals surface area contributed by atoms with E-state index in [1.807, 2.05) is 6.92 Å². The van der Waals surface area contributed by atoms with Gasteiger partial charge in [-0.3, -0.25) is 9.59 Å². The Bertz CT molecular complexity index is 1290. The quantitative estimate of drug-likeness (QED) is 0.451. The first-order valence-electron chi connectivity index (χ1n) is 10.5. The normalized spacial score (nSPS) is 13.2. The maximum atomic E-state index is 13.2. The minimum atomic E-state index is -3.96. The van der Waals surface area contributed by atoms with Gasteiger partial charge in [-0.05, 0) is 69.3 Å². The molecule has 1 unspecified atom stereocenters. The first-order chi connectivity index (χ1) is 16.0. The van der Waals surface area contributed by atoms with E-state index in [1.165, 1.54) is 50.2 Å². The second-order valence-electron chi connectivity index (χ2n) is 7.85. The third-order valence-corrected chi connectivity index (χ3v) is 6.71. The summed E-state index contributed by atoms with van der Waals surface area (Å²) < 4.78 is 42.5. The maximum Gasteiger partial charge on any atom is 0.241 e. The van der Waals surface area contributed by atoms with Gasteiger partial charge in [0.25, 0.3) is 0 Å². The lowest BCUT2D eigenvalue weighted by Gasteiger charge is -2.19. The van der Waals surface area contributed by atoms with Crippen molar-refractivity contribution in [3.8, 4) is 5.69 Å². The fourth-order valence-electron chi connectivity index (χ4n) is 3.38. The molecule has 0 fully saturated rings. The summed E-state index contributed by atoms with van der Waals surface area (Å²) in [4.78, 5) is 23.8. The standard InChI is InChI=1S/C23H26FN5O4S/c1-14(22-13-25-29(16(22)3)20-9-5-18(24)6-10-20)26-23(31)15(2)28-34(32,33)21-11-7-19(8-12-21)27-17(4)30/h5-15,28H,1-4H3,(H,26,31)(H,27,30)/t14?,15-/m0/s1. The smallest absolute Gasteiger partial charge is 0.241 e. The van der Waals surface area contributed by atoms with E-state index in [0.717, 1.165) is 11.3 Å². The zero-order valence-electron chi connectivity index (χ0n) is 19.2. The largest absolute Gasteiger partial charge is 0.348 e. The van der Waals surface area contributed by atoms with Crippen LogP contribution in [0.1, 0.15) is 38.1 Å². The second kappa shape index (κ2) is 10.1. The molecule has 34 heavy (non-hydrogen) atoms. The minimum Gasteiger partial charge on any atom is -0.348 e. The monoisotopic (exact) mass is 487 g/mol. The van der Waals surface area contributed by atoms with Crippen LogP contribution in [0.2, 0.25) is 0 Å². The Morgan fingerprint density at radius 3 is 2.24 bits per heavy atom. The highest BCUT2D eigenvalue weighted by Gasteiger charge is 2.24. The van der Waals surface area contributed by atoms with E-state index in [0.29, 0.717) is 11.4 Å². The predicted octanol–water partition coefficient (Wildman–Crippen LogP) is 2.82. The third-order valence-electron chi connectivity index (χ3n) is 5.15. The van der Waals surface area contributed by atoms with E-state index in [2.05, 4.69) is 20.5 Å². The highest BCUT2D eigenvalue weighted by molar-refractivity contribution is 7.89. The van der Waals surface area contributed by atoms with Crippen LogP contribution in [0.5, 0.6) is 0 Å². The number of aromatic nitrogens is 2. The lowest BCUT2D eigenvalue weighted by molar-refractivity contribution is -0.123. The molecule has 1 heterocycles. The molecule has 0 bridgehead atoms. The first kappa shape index (κ1) is 25.1. The Labute approximate surface area is 197 Å². The van der Waals surface area contributed by atoms with Crippen molar-refractivity contribution in [2.45, 2.75) is 44.7 Å². The molecule has 3 N–H and O–H groups in total. The number of rotatable bonds is 8. The van der Waals surface area contributed by atoms with E-state index in [9.17, 15) is 22.4 Å². The van der Waals surface area contributed by atoms with Gasteiger partial charge in [-0.25, -0.2) is 17.5 Å². The van der Waals surface area contributed by atoms with Crippen molar-refractivity contribution in [2.75, 3.05) is 5.32 Å². The molecule has 0 aliphatic rings. The molecule has 0 radical (unpaired) electrons. The predicted molar refractivity (Wildman–Crippen MR) is 125 cm³/mol. The van der Waals surface area contributed by atoms with Crippen molar-refractivity contribution in [2.24, 2.45) is 0 Å². The fraction of sp³-hybridized carbons (Fsp3) is 0.261. The van der Waals surface area contributed by atoms with Crippen molar-refractivity contribution in [1.29, 1.82) is 0 Å². The van der Waals surface area contributed by atoms with Crippen LogP contribution in [0.25, 0.3) is 5.69 Å². The number of nitrogens with one attached hydrogen (secondary N) is 3. The summed E-state index contributed by atoms with van der Waals surface area (Å²) in [6.45, 7) is 6.38. The summed E-state index contributed by atoms with van der Waals surface area (Å²) in [6, 6.07) is 9.98. The Kier molecular flexibility index (Phi) is 7.48. The SMILES string of the molecule is CC(=O)Nc1ccc(S(=O)(=O)N[C@@H](C)C(=O)NC(C)c2cnn(-c3ccc(F)cc3)c2C)cc1. The number of anilines is 1. The molecule has 0 saturated carbocycles. The van der Waals surface area contributed by atoms with Crippen LogP contribution >= 0.6 is 0 Å². The van der Waals surface area contributed by atoms with Crippen LogP contribution in [-0.4, -0.2) is 36.1 Å². The van der Waals surface area contributed by atoms with Gasteiger partial charge >= 0.3 is 0 Å². The van der Waals surface area contributed by atoms with Gasteiger partial charge in [0.2, 0.25) is 21.8 Å². The van der Waals surface area contributed by atoms with Crippen LogP contribution in [0.15, 0.2) is 59.6 Å². The number of carbonyl (C=O) groups excluding carboxylic acids is 2. The lowest BCUT2D eigenvalue weighted by Crippen LogP contribution is -2.45. The topological polar surface area (TPSA) is 122 Å². The zero-order chi connectivity index (χ0) is 25.0. The van der Waals surface area contributed by atoms with Crippen LogP contribution in [0.4, 0.5) is 10.1 Å². The van der Waals surface area contributed by atoms with E-state index in [-0.39, 0.29) is 16.6 Å². The van der Waals surface area contributed by atoms with Crippen LogP contribution in [0, 0.1) is 12.7 Å². The molecule has 0 aliphatic carbocycles. The number of carbonyl (C=O) groups is 2. The van der Waals surface area contributed by atoms with Crippen LogP contribution in [-0.2, 0) is 19.6 Å². The van der Waals surface area contributed by atoms with E-state index >= 15 is 0 Å². The van der Waals surface area contributed by atoms with Crippen molar-refractivity contribution >= 4 is 27.5 Å². The second-order valence-corrected chi connectivity index (χ2v) is 9.57. The molecular formula is C23H26FN5O4S. The fourth-order valence-corrected chi connectivity index (χ4v) is 4.58. The number of amides is 2. The van der Waals surface area contributed by atoms with E-state index in [4.69, 9.17) is 0 Å². The Morgan fingerprint density at radius 1 is 1.03 bits per heavy atom. The summed E-state index contributed by atoms with van der Waals surface area (Å²) in [6.07, 6.45) is 1.61. The molecule has 3 rings (SSSR count). The van der Waals surface area contributed by atoms with Gasteiger partial charge in [-0.2, -0.15) is 9.82 Å². The number of nitrogens with zero attached hydrogens (tertiary/aromatic N) is 2. The summed E-state index contributed by atoms with van der Waals surface area (Å²) in [7, 11) is -3.96.